The van der Waals surface area contributed by atoms with Crippen molar-refractivity contribution in [1.82, 2.24) is 14.8 Å². The van der Waals surface area contributed by atoms with E-state index in [1.807, 2.05) is 30.5 Å². The quantitative estimate of drug-likeness (QED) is 0.225. The van der Waals surface area contributed by atoms with Crippen molar-refractivity contribution in [2.24, 2.45) is 11.8 Å². The van der Waals surface area contributed by atoms with Gasteiger partial charge in [-0.15, -0.1) is 0 Å². The third kappa shape index (κ3) is 7.09. The molecule has 262 valence electrons. The molecule has 3 aliphatic carbocycles. The Bertz CT molecular complexity index is 1650. The predicted octanol–water partition coefficient (Wildman–Crippen LogP) is 7.95. The van der Waals surface area contributed by atoms with Crippen LogP contribution in [0.4, 0.5) is 5.69 Å². The number of hydrogen-bond donors (Lipinski definition) is 2. The number of fused-ring (bicyclic) bond motifs is 3. The summed E-state index contributed by atoms with van der Waals surface area (Å²) in [5, 5.41) is 14.7. The van der Waals surface area contributed by atoms with Gasteiger partial charge in [-0.05, 0) is 129 Å². The number of halogens is 1. The van der Waals surface area contributed by atoms with E-state index in [9.17, 15) is 9.90 Å². The molecule has 1 aliphatic heterocycles. The van der Waals surface area contributed by atoms with Gasteiger partial charge in [0.2, 0.25) is 0 Å². The first-order chi connectivity index (χ1) is 23.6. The summed E-state index contributed by atoms with van der Waals surface area (Å²) in [5.41, 5.74) is 6.50. The van der Waals surface area contributed by atoms with Crippen LogP contribution in [0.25, 0.3) is 0 Å². The van der Waals surface area contributed by atoms with Crippen LogP contribution in [0, 0.1) is 11.8 Å². The molecule has 4 aliphatic rings. The van der Waals surface area contributed by atoms with E-state index in [0.29, 0.717) is 42.2 Å². The number of carboxylic acids is 1. The van der Waals surface area contributed by atoms with Gasteiger partial charge in [0.1, 0.15) is 11.3 Å². The van der Waals surface area contributed by atoms with E-state index in [0.717, 1.165) is 76.3 Å². The highest BCUT2D eigenvalue weighted by molar-refractivity contribution is 6.30. The average Bonchev–Trinajstić information content (AvgIpc) is 3.37. The molecule has 8 heteroatoms. The van der Waals surface area contributed by atoms with Gasteiger partial charge in [0.15, 0.2) is 0 Å². The van der Waals surface area contributed by atoms with Crippen LogP contribution in [0.2, 0.25) is 5.02 Å². The second-order valence-electron chi connectivity index (χ2n) is 15.8. The van der Waals surface area contributed by atoms with Crippen LogP contribution in [0.15, 0.2) is 54.7 Å². The molecule has 2 aromatic carbocycles. The lowest BCUT2D eigenvalue weighted by molar-refractivity contribution is -0.144. The van der Waals surface area contributed by atoms with Crippen LogP contribution in [-0.4, -0.2) is 71.2 Å². The van der Waals surface area contributed by atoms with Crippen molar-refractivity contribution in [2.75, 3.05) is 45.2 Å². The fraction of sp³-hybridized carbons (Fsp3) is 0.561. The molecule has 2 heterocycles. The molecule has 7 nitrogen and oxygen atoms in total. The van der Waals surface area contributed by atoms with Crippen LogP contribution in [0.3, 0.4) is 0 Å². The third-order valence-corrected chi connectivity index (χ3v) is 12.6. The molecule has 0 unspecified atom stereocenters. The number of rotatable bonds is 10. The summed E-state index contributed by atoms with van der Waals surface area (Å²) in [7, 11) is 2.20. The lowest BCUT2D eigenvalue weighted by Gasteiger charge is -2.47. The van der Waals surface area contributed by atoms with Gasteiger partial charge < -0.3 is 20.1 Å². The second-order valence-corrected chi connectivity index (χ2v) is 16.2. The normalized spacial score (nSPS) is 27.8. The minimum atomic E-state index is -1.02. The molecule has 3 atom stereocenters. The van der Waals surface area contributed by atoms with Gasteiger partial charge in [-0.25, -0.2) is 4.79 Å². The number of anilines is 1. The molecule has 0 amide bonds. The number of nitrogens with one attached hydrogen (secondary N) is 1. The van der Waals surface area contributed by atoms with Crippen molar-refractivity contribution in [1.29, 1.82) is 0 Å². The Labute approximate surface area is 297 Å². The number of pyridine rings is 1. The molecule has 49 heavy (non-hydrogen) atoms. The number of carbonyl (C=O) groups is 1. The average molecular weight is 685 g/mol. The molecule has 1 spiro atoms. The van der Waals surface area contributed by atoms with Crippen molar-refractivity contribution in [3.63, 3.8) is 0 Å². The molecule has 2 N–H and O–H groups in total. The Morgan fingerprint density at radius 1 is 1.10 bits per heavy atom. The Morgan fingerprint density at radius 3 is 2.65 bits per heavy atom. The van der Waals surface area contributed by atoms with Crippen LogP contribution >= 0.6 is 11.6 Å². The van der Waals surface area contributed by atoms with Gasteiger partial charge in [-0.3, -0.25) is 9.88 Å². The Balaban J connectivity index is 1.13. The molecule has 3 aromatic rings. The lowest BCUT2D eigenvalue weighted by atomic mass is 9.59. The van der Waals surface area contributed by atoms with E-state index in [1.165, 1.54) is 40.8 Å². The molecule has 1 aromatic heterocycles. The monoisotopic (exact) mass is 684 g/mol. The van der Waals surface area contributed by atoms with E-state index in [2.05, 4.69) is 65.3 Å². The fourth-order valence-corrected chi connectivity index (χ4v) is 9.70. The smallest absolute Gasteiger partial charge is 0.329 e. The second kappa shape index (κ2) is 14.2. The number of aliphatic carboxylic acids is 1. The number of carboxylic acid groups (broad SMARTS) is 1. The first-order valence-corrected chi connectivity index (χ1v) is 18.9. The predicted molar refractivity (Wildman–Crippen MR) is 197 cm³/mol. The standard InChI is InChI=1S/C41H53ClN4O3/c1-28(27-49-37-12-17-43-36-9-4-6-29(2)38(36)37)22-32-24-31-11-10-30(26-46-20-18-45(3)19-21-46)23-35(31)40(32)13-15-41(16-14-40,39(47)48)44-34-8-5-7-33(42)25-34/h5,7-8,10-12,17,23,25,28-29,32,44H,4,6,9,13-16,18-22,24,26-27H2,1-3H3,(H,47,48)/t28-,29-,32+,40?,41?/m1/s1. The topological polar surface area (TPSA) is 77.9 Å². The summed E-state index contributed by atoms with van der Waals surface area (Å²) in [6.45, 7) is 10.7. The van der Waals surface area contributed by atoms with Crippen LogP contribution < -0.4 is 10.1 Å². The fourth-order valence-electron chi connectivity index (χ4n) is 9.51. The Morgan fingerprint density at radius 2 is 1.90 bits per heavy atom. The highest BCUT2D eigenvalue weighted by Gasteiger charge is 2.54. The van der Waals surface area contributed by atoms with Crippen molar-refractivity contribution in [3.05, 3.63) is 87.7 Å². The van der Waals surface area contributed by atoms with Gasteiger partial charge in [-0.2, -0.15) is 0 Å². The van der Waals surface area contributed by atoms with Crippen LogP contribution in [-0.2, 0) is 29.6 Å². The highest BCUT2D eigenvalue weighted by Crippen LogP contribution is 2.56. The summed E-state index contributed by atoms with van der Waals surface area (Å²) >= 11 is 6.30. The summed E-state index contributed by atoms with van der Waals surface area (Å²) < 4.78 is 6.60. The number of piperazine rings is 1. The maximum absolute atomic E-state index is 13.0. The van der Waals surface area contributed by atoms with Crippen molar-refractivity contribution in [2.45, 2.75) is 95.1 Å². The maximum Gasteiger partial charge on any atom is 0.329 e. The van der Waals surface area contributed by atoms with E-state index in [1.54, 1.807) is 0 Å². The zero-order chi connectivity index (χ0) is 34.2. The van der Waals surface area contributed by atoms with Gasteiger partial charge in [-0.1, -0.05) is 49.7 Å². The molecular weight excluding hydrogens is 632 g/mol. The Hall–Kier alpha value is -3.13. The summed E-state index contributed by atoms with van der Waals surface area (Å²) in [6.07, 6.45) is 10.2. The molecule has 1 saturated carbocycles. The summed E-state index contributed by atoms with van der Waals surface area (Å²) in [4.78, 5) is 22.7. The first kappa shape index (κ1) is 34.3. The number of likely N-dealkylation sites (N-methyl/N-ethyl adjacent to an activating group) is 1. The van der Waals surface area contributed by atoms with Gasteiger partial charge in [0, 0.05) is 60.9 Å². The zero-order valence-corrected chi connectivity index (χ0v) is 30.3. The van der Waals surface area contributed by atoms with Gasteiger partial charge in [0.05, 0.1) is 6.61 Å². The van der Waals surface area contributed by atoms with E-state index in [-0.39, 0.29) is 5.41 Å². The third-order valence-electron chi connectivity index (χ3n) is 12.4. The zero-order valence-electron chi connectivity index (χ0n) is 29.5. The number of aromatic nitrogens is 1. The lowest BCUT2D eigenvalue weighted by Crippen LogP contribution is -2.53. The number of benzene rings is 2. The van der Waals surface area contributed by atoms with E-state index >= 15 is 0 Å². The molecule has 7 rings (SSSR count). The minimum Gasteiger partial charge on any atom is -0.493 e. The number of aryl methyl sites for hydroxylation is 1. The van der Waals surface area contributed by atoms with Crippen molar-refractivity contribution >= 4 is 23.3 Å². The number of hydrogen-bond acceptors (Lipinski definition) is 6. The molecule has 2 fully saturated rings. The number of ether oxygens (including phenoxy) is 1. The van der Waals surface area contributed by atoms with E-state index in [4.69, 9.17) is 16.3 Å². The molecule has 0 bridgehead atoms. The summed E-state index contributed by atoms with van der Waals surface area (Å²) in [6, 6.07) is 16.7. The molecular formula is C41H53ClN4O3. The van der Waals surface area contributed by atoms with E-state index < -0.39 is 11.5 Å². The van der Waals surface area contributed by atoms with Gasteiger partial charge >= 0.3 is 5.97 Å². The Kier molecular flexibility index (Phi) is 9.98. The largest absolute Gasteiger partial charge is 0.493 e. The van der Waals surface area contributed by atoms with Crippen LogP contribution in [0.5, 0.6) is 5.75 Å². The minimum absolute atomic E-state index is 0.0545. The first-order valence-electron chi connectivity index (χ1n) is 18.5. The number of nitrogens with zero attached hydrogens (tertiary/aromatic N) is 3. The molecule has 0 radical (unpaired) electrons. The van der Waals surface area contributed by atoms with Crippen molar-refractivity contribution < 1.29 is 14.6 Å². The van der Waals surface area contributed by atoms with Crippen molar-refractivity contribution in [3.8, 4) is 5.75 Å². The maximum atomic E-state index is 13.0. The van der Waals surface area contributed by atoms with Gasteiger partial charge in [0.25, 0.3) is 0 Å². The highest BCUT2D eigenvalue weighted by atomic mass is 35.5. The molecule has 1 saturated heterocycles. The summed E-state index contributed by atoms with van der Waals surface area (Å²) in [5.74, 6) is 1.51. The SMILES string of the molecule is C[C@@H](COc1ccnc2c1[C@H](C)CCC2)C[C@H]1Cc2ccc(CN3CCN(C)CC3)cc2C12CCC(Nc1cccc(Cl)c1)(C(=O)O)CC2. The van der Waals surface area contributed by atoms with Crippen LogP contribution in [0.1, 0.15) is 92.7 Å².